The first-order valence-electron chi connectivity index (χ1n) is 4.46. The fraction of sp³-hybridized carbons (Fsp3) is 0.182. The van der Waals surface area contributed by atoms with E-state index >= 15 is 0 Å². The van der Waals surface area contributed by atoms with Gasteiger partial charge in [-0.05, 0) is 31.0 Å². The van der Waals surface area contributed by atoms with Crippen molar-refractivity contribution < 1.29 is 14.3 Å². The monoisotopic (exact) mass is 222 g/mol. The lowest BCUT2D eigenvalue weighted by Gasteiger charge is -1.95. The molecule has 4 heteroatoms. The Morgan fingerprint density at radius 3 is 2.53 bits per heavy atom. The number of aryl methyl sites for hydroxylation is 2. The second-order valence-electron chi connectivity index (χ2n) is 3.40. The first-order valence-corrected chi connectivity index (χ1v) is 5.28. The number of hydrogen-bond acceptors (Lipinski definition) is 3. The summed E-state index contributed by atoms with van der Waals surface area (Å²) in [6.07, 6.45) is 3.31. The molecule has 0 spiro atoms. The van der Waals surface area contributed by atoms with E-state index in [1.54, 1.807) is 18.6 Å². The van der Waals surface area contributed by atoms with Crippen molar-refractivity contribution in [2.45, 2.75) is 13.8 Å². The Morgan fingerprint density at radius 1 is 1.33 bits per heavy atom. The summed E-state index contributed by atoms with van der Waals surface area (Å²) in [6.45, 7) is 3.85. The fourth-order valence-corrected chi connectivity index (χ4v) is 2.53. The average molecular weight is 222 g/mol. The molecular weight excluding hydrogens is 212 g/mol. The maximum atomic E-state index is 10.8. The minimum atomic E-state index is -0.879. The van der Waals surface area contributed by atoms with Gasteiger partial charge in [0.15, 0.2) is 0 Å². The third-order valence-electron chi connectivity index (χ3n) is 2.23. The zero-order chi connectivity index (χ0) is 11.0. The number of furan rings is 1. The number of hydrogen-bond donors (Lipinski definition) is 1. The summed E-state index contributed by atoms with van der Waals surface area (Å²) >= 11 is 1.28. The zero-order valence-corrected chi connectivity index (χ0v) is 9.22. The van der Waals surface area contributed by atoms with Crippen LogP contribution in [0.5, 0.6) is 0 Å². The van der Waals surface area contributed by atoms with Crippen LogP contribution in [-0.2, 0) is 0 Å². The van der Waals surface area contributed by atoms with Gasteiger partial charge in [0.25, 0.3) is 0 Å². The van der Waals surface area contributed by atoms with Gasteiger partial charge >= 0.3 is 5.97 Å². The van der Waals surface area contributed by atoms with Crippen molar-refractivity contribution >= 4 is 17.3 Å². The highest BCUT2D eigenvalue weighted by Gasteiger charge is 2.14. The Labute approximate surface area is 91.0 Å². The van der Waals surface area contributed by atoms with Crippen LogP contribution in [0.3, 0.4) is 0 Å². The van der Waals surface area contributed by atoms with Crippen LogP contribution in [0.2, 0.25) is 0 Å². The minimum Gasteiger partial charge on any atom is -0.477 e. The second-order valence-corrected chi connectivity index (χ2v) is 4.45. The molecule has 0 saturated carbocycles. The molecule has 0 atom stereocenters. The van der Waals surface area contributed by atoms with Crippen molar-refractivity contribution in [3.63, 3.8) is 0 Å². The summed E-state index contributed by atoms with van der Waals surface area (Å²) in [5.41, 5.74) is 2.98. The molecule has 0 amide bonds. The molecular formula is C11H10O3S. The van der Waals surface area contributed by atoms with Gasteiger partial charge in [-0.15, -0.1) is 11.3 Å². The van der Waals surface area contributed by atoms with Crippen molar-refractivity contribution in [2.75, 3.05) is 0 Å². The maximum Gasteiger partial charge on any atom is 0.345 e. The van der Waals surface area contributed by atoms with Crippen LogP contribution < -0.4 is 0 Å². The first kappa shape index (κ1) is 9.98. The van der Waals surface area contributed by atoms with Gasteiger partial charge in [0.2, 0.25) is 0 Å². The van der Waals surface area contributed by atoms with Crippen LogP contribution in [-0.4, -0.2) is 11.1 Å². The lowest BCUT2D eigenvalue weighted by atomic mass is 10.1. The van der Waals surface area contributed by atoms with Crippen LogP contribution in [0.15, 0.2) is 23.0 Å². The topological polar surface area (TPSA) is 50.4 Å². The molecule has 2 rings (SSSR count). The standard InChI is InChI=1S/C11H10O3S/c1-6-3-9(11(12)13)15-10(6)8-5-14-4-7(8)2/h3-5H,1-2H3,(H,12,13). The molecule has 0 unspecified atom stereocenters. The predicted molar refractivity (Wildman–Crippen MR) is 58.5 cm³/mol. The lowest BCUT2D eigenvalue weighted by molar-refractivity contribution is 0.0702. The molecule has 0 bridgehead atoms. The van der Waals surface area contributed by atoms with Crippen molar-refractivity contribution in [2.24, 2.45) is 0 Å². The third-order valence-corrected chi connectivity index (χ3v) is 3.49. The first-order chi connectivity index (χ1) is 7.09. The van der Waals surface area contributed by atoms with Gasteiger partial charge in [-0.25, -0.2) is 4.79 Å². The number of thiophene rings is 1. The number of aromatic carboxylic acids is 1. The largest absolute Gasteiger partial charge is 0.477 e. The van der Waals surface area contributed by atoms with Gasteiger partial charge in [0.05, 0.1) is 12.5 Å². The van der Waals surface area contributed by atoms with Gasteiger partial charge in [0.1, 0.15) is 4.88 Å². The van der Waals surface area contributed by atoms with Crippen LogP contribution in [0.25, 0.3) is 10.4 Å². The molecule has 15 heavy (non-hydrogen) atoms. The Balaban J connectivity index is 2.54. The Bertz CT molecular complexity index is 508. The van der Waals surface area contributed by atoms with Crippen molar-refractivity contribution in [3.8, 4) is 10.4 Å². The van der Waals surface area contributed by atoms with Crippen molar-refractivity contribution in [1.29, 1.82) is 0 Å². The average Bonchev–Trinajstić information content (AvgIpc) is 2.71. The normalized spacial score (nSPS) is 10.5. The van der Waals surface area contributed by atoms with E-state index in [-0.39, 0.29) is 0 Å². The lowest BCUT2D eigenvalue weighted by Crippen LogP contribution is -1.89. The number of carboxylic acids is 1. The van der Waals surface area contributed by atoms with Crippen LogP contribution in [0.1, 0.15) is 20.8 Å². The zero-order valence-electron chi connectivity index (χ0n) is 8.40. The van der Waals surface area contributed by atoms with E-state index in [1.807, 2.05) is 13.8 Å². The molecule has 3 nitrogen and oxygen atoms in total. The van der Waals surface area contributed by atoms with Gasteiger partial charge in [0, 0.05) is 10.4 Å². The van der Waals surface area contributed by atoms with Gasteiger partial charge in [-0.1, -0.05) is 0 Å². The van der Waals surface area contributed by atoms with E-state index < -0.39 is 5.97 Å². The molecule has 0 saturated heterocycles. The fourth-order valence-electron chi connectivity index (χ4n) is 1.45. The van der Waals surface area contributed by atoms with Gasteiger partial charge < -0.3 is 9.52 Å². The van der Waals surface area contributed by atoms with E-state index in [2.05, 4.69) is 0 Å². The summed E-state index contributed by atoms with van der Waals surface area (Å²) in [7, 11) is 0. The molecule has 0 aromatic carbocycles. The molecule has 0 radical (unpaired) electrons. The van der Waals surface area contributed by atoms with Crippen LogP contribution in [0.4, 0.5) is 0 Å². The summed E-state index contributed by atoms with van der Waals surface area (Å²) in [5.74, 6) is -0.879. The number of rotatable bonds is 2. The molecule has 0 aliphatic rings. The molecule has 2 heterocycles. The quantitative estimate of drug-likeness (QED) is 0.847. The number of carbonyl (C=O) groups is 1. The minimum absolute atomic E-state index is 0.364. The summed E-state index contributed by atoms with van der Waals surface area (Å²) < 4.78 is 5.08. The molecule has 2 aromatic rings. The molecule has 0 fully saturated rings. The second kappa shape index (κ2) is 3.55. The van der Waals surface area contributed by atoms with E-state index in [0.29, 0.717) is 4.88 Å². The van der Waals surface area contributed by atoms with Crippen molar-refractivity contribution in [3.05, 3.63) is 34.6 Å². The summed E-state index contributed by atoms with van der Waals surface area (Å²) in [6, 6.07) is 1.69. The van der Waals surface area contributed by atoms with Crippen LogP contribution >= 0.6 is 11.3 Å². The highest BCUT2D eigenvalue weighted by atomic mass is 32.1. The third kappa shape index (κ3) is 1.68. The molecule has 0 aliphatic carbocycles. The van der Waals surface area contributed by atoms with Gasteiger partial charge in [-0.3, -0.25) is 0 Å². The highest BCUT2D eigenvalue weighted by molar-refractivity contribution is 7.17. The van der Waals surface area contributed by atoms with Crippen molar-refractivity contribution in [1.82, 2.24) is 0 Å². The summed E-state index contributed by atoms with van der Waals surface area (Å²) in [4.78, 5) is 12.1. The smallest absolute Gasteiger partial charge is 0.345 e. The number of carboxylic acid groups (broad SMARTS) is 1. The molecule has 0 aliphatic heterocycles. The van der Waals surface area contributed by atoms with E-state index in [1.165, 1.54) is 11.3 Å². The predicted octanol–water partition coefficient (Wildman–Crippen LogP) is 3.32. The Kier molecular flexibility index (Phi) is 2.36. The SMILES string of the molecule is Cc1cocc1-c1sc(C(=O)O)cc1C. The van der Waals surface area contributed by atoms with E-state index in [0.717, 1.165) is 21.6 Å². The molecule has 78 valence electrons. The maximum absolute atomic E-state index is 10.8. The Hall–Kier alpha value is -1.55. The molecule has 2 aromatic heterocycles. The summed E-state index contributed by atoms with van der Waals surface area (Å²) in [5, 5.41) is 8.88. The van der Waals surface area contributed by atoms with E-state index in [9.17, 15) is 4.79 Å². The van der Waals surface area contributed by atoms with Crippen LogP contribution in [0, 0.1) is 13.8 Å². The Morgan fingerprint density at radius 2 is 2.07 bits per heavy atom. The molecule has 1 N–H and O–H groups in total. The highest BCUT2D eigenvalue weighted by Crippen LogP contribution is 2.34. The van der Waals surface area contributed by atoms with Gasteiger partial charge in [-0.2, -0.15) is 0 Å². The van der Waals surface area contributed by atoms with E-state index in [4.69, 9.17) is 9.52 Å².